The number of amides is 1. The highest BCUT2D eigenvalue weighted by molar-refractivity contribution is 5.98. The van der Waals surface area contributed by atoms with Gasteiger partial charge in [-0.2, -0.15) is 0 Å². The second-order valence-corrected chi connectivity index (χ2v) is 1.65. The summed E-state index contributed by atoms with van der Waals surface area (Å²) in [7, 11) is 0. The first-order valence-electron chi connectivity index (χ1n) is 2.66. The molecule has 2 N–H and O–H groups in total. The van der Waals surface area contributed by atoms with Crippen molar-refractivity contribution < 1.29 is 9.63 Å². The number of allylic oxidation sites excluding steroid dienone is 1. The van der Waals surface area contributed by atoms with Gasteiger partial charge in [0.2, 0.25) is 5.91 Å². The van der Waals surface area contributed by atoms with Gasteiger partial charge in [0.15, 0.2) is 0 Å². The molecule has 0 aliphatic carbocycles. The minimum absolute atomic E-state index is 0.376. The van der Waals surface area contributed by atoms with Crippen LogP contribution >= 0.6 is 0 Å². The second-order valence-electron chi connectivity index (χ2n) is 1.65. The topological polar surface area (TPSA) is 64.7 Å². The van der Waals surface area contributed by atoms with Crippen LogP contribution < -0.4 is 5.73 Å². The molecule has 1 amide bonds. The molecule has 0 fully saturated rings. The van der Waals surface area contributed by atoms with Crippen molar-refractivity contribution >= 4 is 12.1 Å². The normalized spacial score (nSPS) is 15.4. The average Bonchev–Trinajstić information content (AvgIpc) is 2.12. The number of oxime groups is 1. The molecule has 0 unspecified atom stereocenters. The molecule has 0 saturated carbocycles. The minimum atomic E-state index is -0.492. The number of nitrogens with two attached hydrogens (primary N) is 1. The van der Waals surface area contributed by atoms with Crippen LogP contribution in [0.2, 0.25) is 0 Å². The molecule has 1 aliphatic heterocycles. The summed E-state index contributed by atoms with van der Waals surface area (Å²) in [5.41, 5.74) is 5.34. The van der Waals surface area contributed by atoms with Crippen LogP contribution in [0.25, 0.3) is 0 Å². The van der Waals surface area contributed by atoms with Gasteiger partial charge < -0.3 is 10.6 Å². The number of carbonyl (C=O) groups excluding carboxylic acids is 1. The number of primary amides is 1. The van der Waals surface area contributed by atoms with E-state index < -0.39 is 5.91 Å². The molecule has 0 aromatic carbocycles. The Morgan fingerprint density at radius 2 is 2.50 bits per heavy atom. The van der Waals surface area contributed by atoms with Crippen LogP contribution in [0.15, 0.2) is 29.1 Å². The maximum Gasteiger partial charge on any atom is 0.248 e. The van der Waals surface area contributed by atoms with Crippen molar-refractivity contribution in [3.05, 3.63) is 24.0 Å². The fourth-order valence-corrected chi connectivity index (χ4v) is 0.505. The lowest BCUT2D eigenvalue weighted by Crippen LogP contribution is -2.12. The second kappa shape index (κ2) is 2.82. The first-order chi connectivity index (χ1) is 4.80. The minimum Gasteiger partial charge on any atom is -0.366 e. The fraction of sp³-hybridized carbons (Fsp3) is 0. The molecule has 0 spiro atoms. The standard InChI is InChI=1S/C6H6N2O2/c7-6(9)5-1-3-8-10-4-2-5/h1-4H,(H2,7,9). The summed E-state index contributed by atoms with van der Waals surface area (Å²) in [6, 6.07) is 0. The van der Waals surface area contributed by atoms with Gasteiger partial charge in [0, 0.05) is 5.57 Å². The zero-order valence-electron chi connectivity index (χ0n) is 5.15. The summed E-state index contributed by atoms with van der Waals surface area (Å²) < 4.78 is 0. The van der Waals surface area contributed by atoms with E-state index >= 15 is 0 Å². The summed E-state index contributed by atoms with van der Waals surface area (Å²) in [6.07, 6.45) is 5.58. The van der Waals surface area contributed by atoms with Gasteiger partial charge in [-0.05, 0) is 12.2 Å². The van der Waals surface area contributed by atoms with Gasteiger partial charge in [-0.3, -0.25) is 4.79 Å². The molecule has 4 nitrogen and oxygen atoms in total. The molecule has 0 radical (unpaired) electrons. The molecule has 0 aromatic heterocycles. The highest BCUT2D eigenvalue weighted by Gasteiger charge is 1.99. The van der Waals surface area contributed by atoms with Gasteiger partial charge in [-0.25, -0.2) is 0 Å². The summed E-state index contributed by atoms with van der Waals surface area (Å²) in [5, 5.41) is 3.41. The number of rotatable bonds is 1. The Hall–Kier alpha value is -1.58. The van der Waals surface area contributed by atoms with Crippen LogP contribution in [0, 0.1) is 0 Å². The highest BCUT2D eigenvalue weighted by Crippen LogP contribution is 1.97. The summed E-state index contributed by atoms with van der Waals surface area (Å²) in [6.45, 7) is 0. The van der Waals surface area contributed by atoms with E-state index in [9.17, 15) is 4.79 Å². The molecule has 0 bridgehead atoms. The first kappa shape index (κ1) is 6.54. The molecule has 10 heavy (non-hydrogen) atoms. The molecule has 1 heterocycles. The third-order valence-corrected chi connectivity index (χ3v) is 0.969. The van der Waals surface area contributed by atoms with Gasteiger partial charge >= 0.3 is 0 Å². The van der Waals surface area contributed by atoms with Crippen LogP contribution in [-0.4, -0.2) is 12.1 Å². The summed E-state index contributed by atoms with van der Waals surface area (Å²) in [5.74, 6) is -0.492. The SMILES string of the molecule is NC(=O)C1=CC=NOC=C1. The van der Waals surface area contributed by atoms with E-state index in [2.05, 4.69) is 9.99 Å². The van der Waals surface area contributed by atoms with E-state index in [0.29, 0.717) is 5.57 Å². The Kier molecular flexibility index (Phi) is 1.84. The largest absolute Gasteiger partial charge is 0.366 e. The van der Waals surface area contributed by atoms with Crippen molar-refractivity contribution in [3.8, 4) is 0 Å². The highest BCUT2D eigenvalue weighted by atomic mass is 16.6. The molecule has 0 aromatic rings. The molecule has 4 heteroatoms. The van der Waals surface area contributed by atoms with Gasteiger partial charge in [0.05, 0.1) is 6.21 Å². The quantitative estimate of drug-likeness (QED) is 0.551. The van der Waals surface area contributed by atoms with E-state index in [1.165, 1.54) is 24.6 Å². The Balaban J connectivity index is 2.83. The molecular formula is C6H6N2O2. The predicted octanol–water partition coefficient (Wildman–Crippen LogP) is -0.0722. The van der Waals surface area contributed by atoms with Crippen molar-refractivity contribution in [2.24, 2.45) is 10.9 Å². The van der Waals surface area contributed by atoms with Gasteiger partial charge in [-0.15, -0.1) is 0 Å². The van der Waals surface area contributed by atoms with Crippen LogP contribution in [0.1, 0.15) is 0 Å². The van der Waals surface area contributed by atoms with E-state index in [1.807, 2.05) is 0 Å². The zero-order valence-corrected chi connectivity index (χ0v) is 5.15. The summed E-state index contributed by atoms with van der Waals surface area (Å²) >= 11 is 0. The lowest BCUT2D eigenvalue weighted by atomic mass is 10.2. The van der Waals surface area contributed by atoms with Crippen LogP contribution in [0.3, 0.4) is 0 Å². The van der Waals surface area contributed by atoms with Crippen LogP contribution in [-0.2, 0) is 9.63 Å². The van der Waals surface area contributed by atoms with E-state index in [0.717, 1.165) is 0 Å². The smallest absolute Gasteiger partial charge is 0.248 e. The number of carbonyl (C=O) groups is 1. The van der Waals surface area contributed by atoms with Crippen molar-refractivity contribution in [1.82, 2.24) is 0 Å². The van der Waals surface area contributed by atoms with Crippen molar-refractivity contribution in [1.29, 1.82) is 0 Å². The Bertz CT molecular complexity index is 228. The molecule has 0 saturated heterocycles. The predicted molar refractivity (Wildman–Crippen MR) is 36.0 cm³/mol. The first-order valence-corrected chi connectivity index (χ1v) is 2.66. The maximum atomic E-state index is 10.5. The zero-order chi connectivity index (χ0) is 7.40. The van der Waals surface area contributed by atoms with E-state index in [-0.39, 0.29) is 0 Å². The number of hydrogen-bond acceptors (Lipinski definition) is 3. The third-order valence-electron chi connectivity index (χ3n) is 0.969. The van der Waals surface area contributed by atoms with Crippen molar-refractivity contribution in [2.75, 3.05) is 0 Å². The van der Waals surface area contributed by atoms with Crippen LogP contribution in [0.4, 0.5) is 0 Å². The van der Waals surface area contributed by atoms with Crippen molar-refractivity contribution in [2.45, 2.75) is 0 Å². The average molecular weight is 138 g/mol. The monoisotopic (exact) mass is 138 g/mol. The van der Waals surface area contributed by atoms with Crippen LogP contribution in [0.5, 0.6) is 0 Å². The van der Waals surface area contributed by atoms with Gasteiger partial charge in [0.25, 0.3) is 0 Å². The number of hydrogen-bond donors (Lipinski definition) is 1. The van der Waals surface area contributed by atoms with E-state index in [4.69, 9.17) is 5.73 Å². The Labute approximate surface area is 57.6 Å². The lowest BCUT2D eigenvalue weighted by Gasteiger charge is -1.87. The molecule has 1 aliphatic rings. The molecule has 0 atom stereocenters. The maximum absolute atomic E-state index is 10.5. The third kappa shape index (κ3) is 1.45. The molecule has 52 valence electrons. The molecule has 1 rings (SSSR count). The van der Waals surface area contributed by atoms with Crippen molar-refractivity contribution in [3.63, 3.8) is 0 Å². The van der Waals surface area contributed by atoms with E-state index in [1.54, 1.807) is 0 Å². The summed E-state index contributed by atoms with van der Waals surface area (Å²) in [4.78, 5) is 15.0. The van der Waals surface area contributed by atoms with Gasteiger partial charge in [0.1, 0.15) is 6.26 Å². The van der Waals surface area contributed by atoms with Gasteiger partial charge in [-0.1, -0.05) is 5.16 Å². The Morgan fingerprint density at radius 3 is 3.20 bits per heavy atom. The Morgan fingerprint density at radius 1 is 1.70 bits per heavy atom. The molecular weight excluding hydrogens is 132 g/mol. The lowest BCUT2D eigenvalue weighted by molar-refractivity contribution is -0.114. The fourth-order valence-electron chi connectivity index (χ4n) is 0.505. The number of nitrogens with zero attached hydrogens (tertiary/aromatic N) is 1.